The normalized spacial score (nSPS) is 13.9. The number of nitrogen functional groups attached to an aromatic ring is 1. The Hall–Kier alpha value is -3.94. The number of benzene rings is 2. The van der Waals surface area contributed by atoms with E-state index in [-0.39, 0.29) is 12.1 Å². The number of carbonyl (C=O) groups excluding carboxylic acids is 1. The second-order valence-corrected chi connectivity index (χ2v) is 8.55. The molecule has 5 rings (SSSR count). The van der Waals surface area contributed by atoms with Crippen molar-refractivity contribution in [3.8, 4) is 17.1 Å². The van der Waals surface area contributed by atoms with E-state index >= 15 is 0 Å². The lowest BCUT2D eigenvalue weighted by molar-refractivity contribution is 0.0947. The van der Waals surface area contributed by atoms with Crippen LogP contribution in [0.4, 0.5) is 10.3 Å². The van der Waals surface area contributed by atoms with Crippen molar-refractivity contribution in [3.63, 3.8) is 0 Å². The van der Waals surface area contributed by atoms with Crippen molar-refractivity contribution in [2.75, 3.05) is 12.8 Å². The molecule has 8 heteroatoms. The zero-order valence-corrected chi connectivity index (χ0v) is 18.9. The number of nitrogens with zero attached hydrogens (tertiary/aromatic N) is 3. The molecule has 3 N–H and O–H groups in total. The maximum atomic E-state index is 13.6. The van der Waals surface area contributed by atoms with E-state index in [2.05, 4.69) is 10.3 Å². The monoisotopic (exact) mass is 459 g/mol. The highest BCUT2D eigenvalue weighted by molar-refractivity contribution is 5.96. The Labute approximate surface area is 196 Å². The number of rotatable bonds is 6. The average Bonchev–Trinajstić information content (AvgIpc) is 3.52. The number of halogens is 1. The molecule has 2 aromatic carbocycles. The molecule has 2 aromatic heterocycles. The SMILES string of the molecule is COc1ccc(F)cc1C(=O)NCc1ccc(-c2nc(C3CCCC3)c3ccnc(N)n23)cc1. The second kappa shape index (κ2) is 9.13. The van der Waals surface area contributed by atoms with Gasteiger partial charge in [0.1, 0.15) is 17.4 Å². The Morgan fingerprint density at radius 2 is 1.94 bits per heavy atom. The maximum Gasteiger partial charge on any atom is 0.255 e. The van der Waals surface area contributed by atoms with Crippen molar-refractivity contribution >= 4 is 17.4 Å². The van der Waals surface area contributed by atoms with Gasteiger partial charge in [-0.25, -0.2) is 14.4 Å². The van der Waals surface area contributed by atoms with Crippen LogP contribution in [0.1, 0.15) is 53.2 Å². The Morgan fingerprint density at radius 3 is 2.68 bits per heavy atom. The lowest BCUT2D eigenvalue weighted by Crippen LogP contribution is -2.23. The number of aromatic nitrogens is 3. The summed E-state index contributed by atoms with van der Waals surface area (Å²) >= 11 is 0. The van der Waals surface area contributed by atoms with Crippen LogP contribution in [-0.2, 0) is 6.54 Å². The highest BCUT2D eigenvalue weighted by Gasteiger charge is 2.24. The number of anilines is 1. The number of imidazole rings is 1. The molecule has 0 aliphatic heterocycles. The Kier molecular flexibility index (Phi) is 5.88. The van der Waals surface area contributed by atoms with Gasteiger partial charge < -0.3 is 15.8 Å². The molecule has 1 saturated carbocycles. The van der Waals surface area contributed by atoms with E-state index in [1.54, 1.807) is 6.20 Å². The van der Waals surface area contributed by atoms with Gasteiger partial charge in [0.2, 0.25) is 5.95 Å². The number of hydrogen-bond acceptors (Lipinski definition) is 5. The second-order valence-electron chi connectivity index (χ2n) is 8.55. The molecule has 0 radical (unpaired) electrons. The van der Waals surface area contributed by atoms with Gasteiger partial charge in [-0.2, -0.15) is 0 Å². The van der Waals surface area contributed by atoms with Crippen molar-refractivity contribution in [1.82, 2.24) is 19.7 Å². The summed E-state index contributed by atoms with van der Waals surface area (Å²) in [6.07, 6.45) is 6.46. The van der Waals surface area contributed by atoms with Crippen molar-refractivity contribution in [1.29, 1.82) is 0 Å². The van der Waals surface area contributed by atoms with E-state index in [9.17, 15) is 9.18 Å². The van der Waals surface area contributed by atoms with Crippen LogP contribution >= 0.6 is 0 Å². The molecular weight excluding hydrogens is 433 g/mol. The molecular formula is C26H26FN5O2. The van der Waals surface area contributed by atoms with Crippen molar-refractivity contribution in [2.45, 2.75) is 38.1 Å². The number of fused-ring (bicyclic) bond motifs is 1. The average molecular weight is 460 g/mol. The minimum Gasteiger partial charge on any atom is -0.496 e. The Balaban J connectivity index is 1.38. The molecule has 0 spiro atoms. The summed E-state index contributed by atoms with van der Waals surface area (Å²) in [6.45, 7) is 0.290. The van der Waals surface area contributed by atoms with Crippen LogP contribution in [-0.4, -0.2) is 27.4 Å². The van der Waals surface area contributed by atoms with Gasteiger partial charge in [0.05, 0.1) is 23.9 Å². The summed E-state index contributed by atoms with van der Waals surface area (Å²) in [5.41, 5.74) is 10.3. The van der Waals surface area contributed by atoms with E-state index in [4.69, 9.17) is 15.5 Å². The fourth-order valence-electron chi connectivity index (χ4n) is 4.68. The standard InChI is InChI=1S/C26H26FN5O2/c1-34-22-11-10-19(27)14-20(22)25(33)30-15-16-6-8-18(9-7-16)24-31-23(17-4-2-3-5-17)21-12-13-29-26(28)32(21)24/h6-14,17H,2-5,15H2,1H3,(H2,28,29)(H,30,33). The van der Waals surface area contributed by atoms with Crippen LogP contribution in [0.25, 0.3) is 16.9 Å². The lowest BCUT2D eigenvalue weighted by atomic mass is 10.0. The summed E-state index contributed by atoms with van der Waals surface area (Å²) in [4.78, 5) is 21.8. The number of hydrogen-bond donors (Lipinski definition) is 2. The van der Waals surface area contributed by atoms with Crippen LogP contribution in [0.5, 0.6) is 5.75 Å². The molecule has 1 amide bonds. The Morgan fingerprint density at radius 1 is 1.18 bits per heavy atom. The smallest absolute Gasteiger partial charge is 0.255 e. The van der Waals surface area contributed by atoms with Gasteiger partial charge in [-0.15, -0.1) is 0 Å². The molecule has 2 heterocycles. The predicted octanol–water partition coefficient (Wildman–Crippen LogP) is 4.71. The summed E-state index contributed by atoms with van der Waals surface area (Å²) < 4.78 is 20.7. The number of methoxy groups -OCH3 is 1. The van der Waals surface area contributed by atoms with E-state index in [0.717, 1.165) is 41.0 Å². The first-order valence-corrected chi connectivity index (χ1v) is 11.4. The number of ether oxygens (including phenoxy) is 1. The van der Waals surface area contributed by atoms with Crippen LogP contribution in [0.2, 0.25) is 0 Å². The zero-order chi connectivity index (χ0) is 23.7. The fourth-order valence-corrected chi connectivity index (χ4v) is 4.68. The molecule has 174 valence electrons. The highest BCUT2D eigenvalue weighted by Crippen LogP contribution is 2.38. The van der Waals surface area contributed by atoms with Crippen LogP contribution in [0, 0.1) is 5.82 Å². The molecule has 4 aromatic rings. The van der Waals surface area contributed by atoms with Crippen molar-refractivity contribution in [2.24, 2.45) is 0 Å². The first kappa shape index (κ1) is 21.9. The Bertz CT molecular complexity index is 1340. The first-order chi connectivity index (χ1) is 16.5. The zero-order valence-electron chi connectivity index (χ0n) is 18.9. The minimum absolute atomic E-state index is 0.158. The van der Waals surface area contributed by atoms with E-state index in [0.29, 0.717) is 17.6 Å². The van der Waals surface area contributed by atoms with Crippen LogP contribution < -0.4 is 15.8 Å². The lowest BCUT2D eigenvalue weighted by Gasteiger charge is -2.10. The van der Waals surface area contributed by atoms with Crippen LogP contribution in [0.15, 0.2) is 54.7 Å². The number of nitrogens with two attached hydrogens (primary N) is 1. The van der Waals surface area contributed by atoms with Gasteiger partial charge >= 0.3 is 0 Å². The minimum atomic E-state index is -0.493. The summed E-state index contributed by atoms with van der Waals surface area (Å²) in [5.74, 6) is 1.05. The molecule has 1 fully saturated rings. The first-order valence-electron chi connectivity index (χ1n) is 11.4. The summed E-state index contributed by atoms with van der Waals surface area (Å²) in [7, 11) is 1.45. The van der Waals surface area contributed by atoms with Gasteiger partial charge in [0.15, 0.2) is 0 Å². The quantitative estimate of drug-likeness (QED) is 0.435. The molecule has 1 aliphatic carbocycles. The number of amides is 1. The van der Waals surface area contributed by atoms with Gasteiger partial charge in [0, 0.05) is 24.2 Å². The van der Waals surface area contributed by atoms with Gasteiger partial charge in [-0.3, -0.25) is 9.20 Å². The molecule has 1 aliphatic rings. The summed E-state index contributed by atoms with van der Waals surface area (Å²) in [5, 5.41) is 2.82. The van der Waals surface area contributed by atoms with Crippen molar-refractivity contribution < 1.29 is 13.9 Å². The van der Waals surface area contributed by atoms with Gasteiger partial charge in [0.25, 0.3) is 5.91 Å². The molecule has 0 bridgehead atoms. The van der Waals surface area contributed by atoms with E-state index < -0.39 is 11.7 Å². The molecule has 34 heavy (non-hydrogen) atoms. The third-order valence-corrected chi connectivity index (χ3v) is 6.42. The molecule has 0 atom stereocenters. The van der Waals surface area contributed by atoms with Crippen molar-refractivity contribution in [3.05, 3.63) is 77.4 Å². The largest absolute Gasteiger partial charge is 0.496 e. The fraction of sp³-hybridized carbons (Fsp3) is 0.269. The third-order valence-electron chi connectivity index (χ3n) is 6.42. The topological polar surface area (TPSA) is 94.5 Å². The van der Waals surface area contributed by atoms with Crippen LogP contribution in [0.3, 0.4) is 0 Å². The van der Waals surface area contributed by atoms with E-state index in [1.807, 2.05) is 34.7 Å². The third kappa shape index (κ3) is 4.07. The number of carbonyl (C=O) groups is 1. The summed E-state index contributed by atoms with van der Waals surface area (Å²) in [6, 6.07) is 13.6. The molecule has 0 unspecified atom stereocenters. The highest BCUT2D eigenvalue weighted by atomic mass is 19.1. The van der Waals surface area contributed by atoms with Gasteiger partial charge in [-0.05, 0) is 42.7 Å². The predicted molar refractivity (Wildman–Crippen MR) is 128 cm³/mol. The molecule has 7 nitrogen and oxygen atoms in total. The van der Waals surface area contributed by atoms with E-state index in [1.165, 1.54) is 38.2 Å². The number of nitrogens with one attached hydrogen (secondary N) is 1. The maximum absolute atomic E-state index is 13.6. The van der Waals surface area contributed by atoms with Gasteiger partial charge in [-0.1, -0.05) is 37.1 Å². The molecule has 0 saturated heterocycles.